The third-order valence-corrected chi connectivity index (χ3v) is 2.18. The SMILES string of the molecule is Cc1cc(OC(C)C)nc(NCc2ccn[nH]2)n1. The van der Waals surface area contributed by atoms with E-state index in [4.69, 9.17) is 4.74 Å². The number of anilines is 1. The molecule has 2 N–H and O–H groups in total. The zero-order valence-electron chi connectivity index (χ0n) is 10.8. The quantitative estimate of drug-likeness (QED) is 0.844. The number of hydrogen-bond donors (Lipinski definition) is 2. The van der Waals surface area contributed by atoms with Crippen LogP contribution in [0.1, 0.15) is 25.2 Å². The summed E-state index contributed by atoms with van der Waals surface area (Å²) in [7, 11) is 0. The first kappa shape index (κ1) is 12.3. The summed E-state index contributed by atoms with van der Waals surface area (Å²) in [5.74, 6) is 1.14. The van der Waals surface area contributed by atoms with Gasteiger partial charge in [-0.1, -0.05) is 0 Å². The number of aromatic nitrogens is 4. The Labute approximate surface area is 106 Å². The molecule has 6 heteroatoms. The van der Waals surface area contributed by atoms with E-state index in [-0.39, 0.29) is 6.10 Å². The number of nitrogens with one attached hydrogen (secondary N) is 2. The molecule has 6 nitrogen and oxygen atoms in total. The van der Waals surface area contributed by atoms with E-state index in [2.05, 4.69) is 25.5 Å². The molecule has 0 aliphatic heterocycles. The van der Waals surface area contributed by atoms with Gasteiger partial charge in [-0.15, -0.1) is 0 Å². The monoisotopic (exact) mass is 247 g/mol. The Morgan fingerprint density at radius 2 is 2.22 bits per heavy atom. The van der Waals surface area contributed by atoms with Crippen LogP contribution < -0.4 is 10.1 Å². The largest absolute Gasteiger partial charge is 0.475 e. The van der Waals surface area contributed by atoms with Gasteiger partial charge in [-0.25, -0.2) is 4.98 Å². The molecule has 0 bridgehead atoms. The summed E-state index contributed by atoms with van der Waals surface area (Å²) in [5, 5.41) is 9.88. The zero-order valence-corrected chi connectivity index (χ0v) is 10.8. The van der Waals surface area contributed by atoms with Crippen LogP contribution in [0.4, 0.5) is 5.95 Å². The summed E-state index contributed by atoms with van der Waals surface area (Å²) < 4.78 is 5.56. The zero-order chi connectivity index (χ0) is 13.0. The lowest BCUT2D eigenvalue weighted by molar-refractivity contribution is 0.232. The first-order chi connectivity index (χ1) is 8.63. The summed E-state index contributed by atoms with van der Waals surface area (Å²) in [6.45, 7) is 6.45. The van der Waals surface area contributed by atoms with Crippen molar-refractivity contribution in [3.63, 3.8) is 0 Å². The van der Waals surface area contributed by atoms with Crippen LogP contribution in [0.3, 0.4) is 0 Å². The van der Waals surface area contributed by atoms with Crippen LogP contribution in [0.2, 0.25) is 0 Å². The standard InChI is InChI=1S/C12H17N5O/c1-8(2)18-11-6-9(3)15-12(16-11)13-7-10-4-5-14-17-10/h4-6,8H,7H2,1-3H3,(H,14,17)(H,13,15,16). The van der Waals surface area contributed by atoms with Crippen LogP contribution in [-0.4, -0.2) is 26.3 Å². The second kappa shape index (κ2) is 5.48. The fraction of sp³-hybridized carbons (Fsp3) is 0.417. The van der Waals surface area contributed by atoms with Gasteiger partial charge in [0.05, 0.1) is 18.3 Å². The normalized spacial score (nSPS) is 10.7. The first-order valence-electron chi connectivity index (χ1n) is 5.88. The average Bonchev–Trinajstić information content (AvgIpc) is 2.77. The number of nitrogens with zero attached hydrogens (tertiary/aromatic N) is 3. The topological polar surface area (TPSA) is 75.7 Å². The van der Waals surface area contributed by atoms with E-state index < -0.39 is 0 Å². The molecule has 2 heterocycles. The van der Waals surface area contributed by atoms with Gasteiger partial charge in [0.2, 0.25) is 11.8 Å². The van der Waals surface area contributed by atoms with Crippen molar-refractivity contribution < 1.29 is 4.74 Å². The van der Waals surface area contributed by atoms with E-state index in [1.807, 2.05) is 32.9 Å². The van der Waals surface area contributed by atoms with Gasteiger partial charge >= 0.3 is 0 Å². The maximum Gasteiger partial charge on any atom is 0.226 e. The van der Waals surface area contributed by atoms with Crippen molar-refractivity contribution >= 4 is 5.95 Å². The van der Waals surface area contributed by atoms with E-state index in [9.17, 15) is 0 Å². The van der Waals surface area contributed by atoms with Crippen LogP contribution in [0.15, 0.2) is 18.3 Å². The van der Waals surface area contributed by atoms with Crippen molar-refractivity contribution in [1.82, 2.24) is 20.2 Å². The molecule has 2 aromatic heterocycles. The van der Waals surface area contributed by atoms with Gasteiger partial charge in [0.15, 0.2) is 0 Å². The Balaban J connectivity index is 2.05. The van der Waals surface area contributed by atoms with E-state index in [0.717, 1.165) is 11.4 Å². The Bertz CT molecular complexity index is 495. The third-order valence-electron chi connectivity index (χ3n) is 2.18. The molecule has 18 heavy (non-hydrogen) atoms. The molecule has 0 aliphatic carbocycles. The van der Waals surface area contributed by atoms with Crippen molar-refractivity contribution in [2.24, 2.45) is 0 Å². The Hall–Kier alpha value is -2.11. The Morgan fingerprint density at radius 1 is 1.39 bits per heavy atom. The molecule has 0 radical (unpaired) electrons. The summed E-state index contributed by atoms with van der Waals surface area (Å²) >= 11 is 0. The van der Waals surface area contributed by atoms with E-state index >= 15 is 0 Å². The average molecular weight is 247 g/mol. The predicted octanol–water partition coefficient (Wildman–Crippen LogP) is 1.91. The molecular formula is C12H17N5O. The molecule has 2 rings (SSSR count). The van der Waals surface area contributed by atoms with Gasteiger partial charge in [-0.2, -0.15) is 10.1 Å². The molecule has 0 amide bonds. The maximum atomic E-state index is 5.56. The summed E-state index contributed by atoms with van der Waals surface area (Å²) in [6.07, 6.45) is 1.81. The number of aryl methyl sites for hydroxylation is 1. The fourth-order valence-electron chi connectivity index (χ4n) is 1.48. The fourth-order valence-corrected chi connectivity index (χ4v) is 1.48. The lowest BCUT2D eigenvalue weighted by Crippen LogP contribution is -2.10. The van der Waals surface area contributed by atoms with Crippen LogP contribution in [-0.2, 0) is 6.54 Å². The molecule has 0 atom stereocenters. The molecule has 0 spiro atoms. The van der Waals surface area contributed by atoms with Crippen LogP contribution >= 0.6 is 0 Å². The minimum absolute atomic E-state index is 0.0970. The van der Waals surface area contributed by atoms with Gasteiger partial charge in [0.25, 0.3) is 0 Å². The molecule has 0 aliphatic rings. The highest BCUT2D eigenvalue weighted by atomic mass is 16.5. The number of ether oxygens (including phenoxy) is 1. The van der Waals surface area contributed by atoms with Crippen molar-refractivity contribution in [2.45, 2.75) is 33.4 Å². The lowest BCUT2D eigenvalue weighted by Gasteiger charge is -2.11. The Morgan fingerprint density at radius 3 is 2.89 bits per heavy atom. The summed E-state index contributed by atoms with van der Waals surface area (Å²) in [5.41, 5.74) is 1.85. The lowest BCUT2D eigenvalue weighted by atomic mass is 10.4. The molecule has 0 fully saturated rings. The van der Waals surface area contributed by atoms with E-state index in [0.29, 0.717) is 18.4 Å². The minimum Gasteiger partial charge on any atom is -0.475 e. The molecule has 0 saturated carbocycles. The molecule has 0 aromatic carbocycles. The Kier molecular flexibility index (Phi) is 3.76. The predicted molar refractivity (Wildman–Crippen MR) is 68.4 cm³/mol. The highest BCUT2D eigenvalue weighted by Gasteiger charge is 2.05. The third kappa shape index (κ3) is 3.44. The van der Waals surface area contributed by atoms with Crippen molar-refractivity contribution in [1.29, 1.82) is 0 Å². The van der Waals surface area contributed by atoms with Gasteiger partial charge in [0.1, 0.15) is 0 Å². The number of hydrogen-bond acceptors (Lipinski definition) is 5. The second-order valence-corrected chi connectivity index (χ2v) is 4.27. The van der Waals surface area contributed by atoms with Crippen molar-refractivity contribution in [2.75, 3.05) is 5.32 Å². The van der Waals surface area contributed by atoms with Gasteiger partial charge in [0, 0.05) is 18.0 Å². The van der Waals surface area contributed by atoms with E-state index in [1.165, 1.54) is 0 Å². The molecule has 96 valence electrons. The summed E-state index contributed by atoms with van der Waals surface area (Å²) in [6, 6.07) is 3.72. The van der Waals surface area contributed by atoms with E-state index in [1.54, 1.807) is 6.20 Å². The van der Waals surface area contributed by atoms with Gasteiger partial charge < -0.3 is 10.1 Å². The first-order valence-corrected chi connectivity index (χ1v) is 5.88. The molecule has 0 saturated heterocycles. The van der Waals surface area contributed by atoms with Gasteiger partial charge in [-0.05, 0) is 26.8 Å². The van der Waals surface area contributed by atoms with Crippen LogP contribution in [0.25, 0.3) is 0 Å². The molecule has 0 unspecified atom stereocenters. The second-order valence-electron chi connectivity index (χ2n) is 4.27. The smallest absolute Gasteiger partial charge is 0.226 e. The van der Waals surface area contributed by atoms with Gasteiger partial charge in [-0.3, -0.25) is 5.10 Å². The number of H-pyrrole nitrogens is 1. The highest BCUT2D eigenvalue weighted by molar-refractivity contribution is 5.31. The molecule has 2 aromatic rings. The van der Waals surface area contributed by atoms with Crippen LogP contribution in [0, 0.1) is 6.92 Å². The van der Waals surface area contributed by atoms with Crippen LogP contribution in [0.5, 0.6) is 5.88 Å². The number of aromatic amines is 1. The maximum absolute atomic E-state index is 5.56. The van der Waals surface area contributed by atoms with Crippen molar-refractivity contribution in [3.8, 4) is 5.88 Å². The van der Waals surface area contributed by atoms with Crippen molar-refractivity contribution in [3.05, 3.63) is 29.7 Å². The minimum atomic E-state index is 0.0970. The summed E-state index contributed by atoms with van der Waals surface area (Å²) in [4.78, 5) is 8.60. The number of rotatable bonds is 5. The molecular weight excluding hydrogens is 230 g/mol. The highest BCUT2D eigenvalue weighted by Crippen LogP contribution is 2.13.